The zero-order valence-electron chi connectivity index (χ0n) is 16.7. The molecule has 5 nitrogen and oxygen atoms in total. The van der Waals surface area contributed by atoms with Crippen molar-refractivity contribution in [3.05, 3.63) is 88.6 Å². The Labute approximate surface area is 193 Å². The second-order valence-corrected chi connectivity index (χ2v) is 10.3. The van der Waals surface area contributed by atoms with Crippen LogP contribution in [0.2, 0.25) is 5.02 Å². The standard InChI is InChI=1S/C23H16ClFN2O3S2/c1-32(29,30)17-7-8-18(19(13-17)14-2-4-15(25)5-3-14)22(28)27-16-6-9-21(24)20(12-16)23-26-10-11-31-23/h2-13H,1H3,(H,27,28). The molecule has 0 unspecified atom stereocenters. The van der Waals surface area contributed by atoms with Crippen molar-refractivity contribution in [2.45, 2.75) is 4.90 Å². The lowest BCUT2D eigenvalue weighted by Gasteiger charge is -2.13. The minimum absolute atomic E-state index is 0.0610. The molecular formula is C23H16ClFN2O3S2. The van der Waals surface area contributed by atoms with Gasteiger partial charge in [0, 0.05) is 34.6 Å². The number of thiazole rings is 1. The molecule has 32 heavy (non-hydrogen) atoms. The molecule has 0 saturated heterocycles. The fraction of sp³-hybridized carbons (Fsp3) is 0.0435. The van der Waals surface area contributed by atoms with Gasteiger partial charge in [-0.2, -0.15) is 0 Å². The Hall–Kier alpha value is -3.07. The number of hydrogen-bond acceptors (Lipinski definition) is 5. The summed E-state index contributed by atoms with van der Waals surface area (Å²) < 4.78 is 37.5. The molecule has 0 saturated carbocycles. The number of nitrogens with zero attached hydrogens (tertiary/aromatic N) is 1. The van der Waals surface area contributed by atoms with Crippen molar-refractivity contribution in [2.75, 3.05) is 11.6 Å². The van der Waals surface area contributed by atoms with E-state index in [1.165, 1.54) is 53.8 Å². The van der Waals surface area contributed by atoms with Crippen LogP contribution in [0.1, 0.15) is 10.4 Å². The summed E-state index contributed by atoms with van der Waals surface area (Å²) in [6.07, 6.45) is 2.75. The second-order valence-electron chi connectivity index (χ2n) is 6.97. The van der Waals surface area contributed by atoms with E-state index in [2.05, 4.69) is 10.3 Å². The molecule has 0 spiro atoms. The maximum absolute atomic E-state index is 13.4. The quantitative estimate of drug-likeness (QED) is 0.379. The van der Waals surface area contributed by atoms with Gasteiger partial charge in [0.2, 0.25) is 0 Å². The summed E-state index contributed by atoms with van der Waals surface area (Å²) in [5.74, 6) is -0.883. The van der Waals surface area contributed by atoms with Crippen molar-refractivity contribution >= 4 is 44.4 Å². The van der Waals surface area contributed by atoms with Crippen LogP contribution >= 0.6 is 22.9 Å². The van der Waals surface area contributed by atoms with Gasteiger partial charge >= 0.3 is 0 Å². The highest BCUT2D eigenvalue weighted by Gasteiger charge is 2.18. The monoisotopic (exact) mass is 486 g/mol. The van der Waals surface area contributed by atoms with Crippen LogP contribution in [0.25, 0.3) is 21.7 Å². The van der Waals surface area contributed by atoms with E-state index < -0.39 is 21.6 Å². The van der Waals surface area contributed by atoms with Crippen molar-refractivity contribution in [1.29, 1.82) is 0 Å². The van der Waals surface area contributed by atoms with E-state index in [1.54, 1.807) is 24.4 Å². The van der Waals surface area contributed by atoms with Gasteiger partial charge in [0.25, 0.3) is 5.91 Å². The van der Waals surface area contributed by atoms with Gasteiger partial charge in [0.1, 0.15) is 10.8 Å². The van der Waals surface area contributed by atoms with Crippen LogP contribution in [0.3, 0.4) is 0 Å². The number of hydrogen-bond donors (Lipinski definition) is 1. The van der Waals surface area contributed by atoms with Gasteiger partial charge in [-0.3, -0.25) is 4.79 Å². The summed E-state index contributed by atoms with van der Waals surface area (Å²) in [5, 5.41) is 5.87. The number of halogens is 2. The molecule has 3 aromatic carbocycles. The van der Waals surface area contributed by atoms with Crippen molar-refractivity contribution < 1.29 is 17.6 Å². The number of sulfone groups is 1. The highest BCUT2D eigenvalue weighted by Crippen LogP contribution is 2.33. The lowest BCUT2D eigenvalue weighted by atomic mass is 9.99. The van der Waals surface area contributed by atoms with Crippen LogP contribution in [0.4, 0.5) is 10.1 Å². The smallest absolute Gasteiger partial charge is 0.256 e. The lowest BCUT2D eigenvalue weighted by molar-refractivity contribution is 0.102. The van der Waals surface area contributed by atoms with E-state index in [0.29, 0.717) is 27.4 Å². The van der Waals surface area contributed by atoms with E-state index in [0.717, 1.165) is 11.3 Å². The van der Waals surface area contributed by atoms with Gasteiger partial charge in [-0.25, -0.2) is 17.8 Å². The molecule has 1 heterocycles. The minimum Gasteiger partial charge on any atom is -0.322 e. The number of carbonyl (C=O) groups excluding carboxylic acids is 1. The van der Waals surface area contributed by atoms with E-state index in [4.69, 9.17) is 11.6 Å². The van der Waals surface area contributed by atoms with Crippen molar-refractivity contribution in [2.24, 2.45) is 0 Å². The summed E-state index contributed by atoms with van der Waals surface area (Å²) in [4.78, 5) is 17.5. The molecule has 9 heteroatoms. The summed E-state index contributed by atoms with van der Waals surface area (Å²) in [5.41, 5.74) is 2.32. The molecule has 1 aromatic heterocycles. The van der Waals surface area contributed by atoms with E-state index >= 15 is 0 Å². The predicted octanol–water partition coefficient (Wildman–Crippen LogP) is 5.93. The Kier molecular flexibility index (Phi) is 6.10. The molecule has 0 bridgehead atoms. The summed E-state index contributed by atoms with van der Waals surface area (Å²) in [7, 11) is -3.50. The number of rotatable bonds is 5. The van der Waals surface area contributed by atoms with Gasteiger partial charge in [0.15, 0.2) is 9.84 Å². The molecule has 0 fully saturated rings. The first-order valence-electron chi connectivity index (χ1n) is 9.33. The van der Waals surface area contributed by atoms with Crippen LogP contribution < -0.4 is 5.32 Å². The number of nitrogens with one attached hydrogen (secondary N) is 1. The van der Waals surface area contributed by atoms with Crippen molar-refractivity contribution in [1.82, 2.24) is 4.98 Å². The highest BCUT2D eigenvalue weighted by molar-refractivity contribution is 7.90. The van der Waals surface area contributed by atoms with Crippen molar-refractivity contribution in [3.8, 4) is 21.7 Å². The molecule has 0 aliphatic carbocycles. The largest absolute Gasteiger partial charge is 0.322 e. The minimum atomic E-state index is -3.50. The molecule has 4 rings (SSSR count). The summed E-state index contributed by atoms with van der Waals surface area (Å²) in [6, 6.07) is 14.8. The molecule has 0 aliphatic heterocycles. The van der Waals surface area contributed by atoms with Gasteiger partial charge < -0.3 is 5.32 Å². The molecular weight excluding hydrogens is 471 g/mol. The maximum atomic E-state index is 13.4. The van der Waals surface area contributed by atoms with Crippen LogP contribution in [-0.4, -0.2) is 25.6 Å². The third-order valence-corrected chi connectivity index (χ3v) is 6.95. The number of anilines is 1. The van der Waals surface area contributed by atoms with Crippen LogP contribution in [0, 0.1) is 5.82 Å². The fourth-order valence-corrected chi connectivity index (χ4v) is 4.72. The zero-order chi connectivity index (χ0) is 22.9. The average molecular weight is 487 g/mol. The summed E-state index contributed by atoms with van der Waals surface area (Å²) in [6.45, 7) is 0. The number of benzene rings is 3. The second kappa shape index (κ2) is 8.82. The maximum Gasteiger partial charge on any atom is 0.256 e. The molecule has 1 amide bonds. The normalized spacial score (nSPS) is 11.3. The fourth-order valence-electron chi connectivity index (χ4n) is 3.14. The van der Waals surface area contributed by atoms with Crippen LogP contribution in [0.15, 0.2) is 77.1 Å². The zero-order valence-corrected chi connectivity index (χ0v) is 19.1. The third kappa shape index (κ3) is 4.72. The predicted molar refractivity (Wildman–Crippen MR) is 125 cm³/mol. The van der Waals surface area contributed by atoms with Gasteiger partial charge in [-0.05, 0) is 59.7 Å². The SMILES string of the molecule is CS(=O)(=O)c1ccc(C(=O)Nc2ccc(Cl)c(-c3nccs3)c2)c(-c2ccc(F)cc2)c1. The van der Waals surface area contributed by atoms with Crippen LogP contribution in [0.5, 0.6) is 0 Å². The first-order chi connectivity index (χ1) is 15.2. The first kappa shape index (κ1) is 22.1. The van der Waals surface area contributed by atoms with Gasteiger partial charge in [0.05, 0.1) is 9.92 Å². The number of aromatic nitrogens is 1. The van der Waals surface area contributed by atoms with E-state index in [1.807, 2.05) is 5.38 Å². The van der Waals surface area contributed by atoms with E-state index in [9.17, 15) is 17.6 Å². The van der Waals surface area contributed by atoms with E-state index in [-0.39, 0.29) is 10.5 Å². The first-order valence-corrected chi connectivity index (χ1v) is 12.5. The molecule has 0 aliphatic rings. The Balaban J connectivity index is 1.74. The topological polar surface area (TPSA) is 76.1 Å². The lowest BCUT2D eigenvalue weighted by Crippen LogP contribution is -2.14. The highest BCUT2D eigenvalue weighted by atomic mass is 35.5. The molecule has 4 aromatic rings. The summed E-state index contributed by atoms with van der Waals surface area (Å²) >= 11 is 7.71. The third-order valence-electron chi connectivity index (χ3n) is 4.71. The van der Waals surface area contributed by atoms with Crippen molar-refractivity contribution in [3.63, 3.8) is 0 Å². The average Bonchev–Trinajstić information content (AvgIpc) is 3.29. The van der Waals surface area contributed by atoms with Gasteiger partial charge in [-0.15, -0.1) is 11.3 Å². The number of amides is 1. The Morgan fingerprint density at radius 3 is 2.44 bits per heavy atom. The molecule has 162 valence electrons. The number of carbonyl (C=O) groups is 1. The van der Waals surface area contributed by atoms with Crippen LogP contribution in [-0.2, 0) is 9.84 Å². The molecule has 0 radical (unpaired) electrons. The molecule has 0 atom stereocenters. The Morgan fingerprint density at radius 2 is 1.78 bits per heavy atom. The molecule has 1 N–H and O–H groups in total. The Morgan fingerprint density at radius 1 is 1.03 bits per heavy atom. The van der Waals surface area contributed by atoms with Gasteiger partial charge in [-0.1, -0.05) is 23.7 Å². The Bertz CT molecular complexity index is 1400.